The average Bonchev–Trinajstić information content (AvgIpc) is 2.60. The highest BCUT2D eigenvalue weighted by Gasteiger charge is 2.16. The van der Waals surface area contributed by atoms with Crippen LogP contribution in [-0.2, 0) is 15.8 Å². The van der Waals surface area contributed by atoms with Crippen LogP contribution in [0.15, 0.2) is 16.7 Å². The Morgan fingerprint density at radius 2 is 2.05 bits per heavy atom. The minimum atomic E-state index is -3.69. The number of rotatable bonds is 4. The first-order chi connectivity index (χ1) is 8.84. The quantitative estimate of drug-likeness (QED) is 0.683. The minimum absolute atomic E-state index is 0.00906. The van der Waals surface area contributed by atoms with E-state index in [2.05, 4.69) is 19.8 Å². The molecule has 0 aliphatic carbocycles. The van der Waals surface area contributed by atoms with Crippen molar-refractivity contribution in [2.75, 3.05) is 4.72 Å². The molecule has 10 heteroatoms. The minimum Gasteiger partial charge on any atom is -0.361 e. The number of aryl methyl sites for hydroxylation is 1. The predicted molar refractivity (Wildman–Crippen MR) is 69.5 cm³/mol. The third kappa shape index (κ3) is 4.05. The Bertz CT molecular complexity index is 681. The van der Waals surface area contributed by atoms with Crippen LogP contribution in [0.1, 0.15) is 11.5 Å². The molecule has 2 rings (SSSR count). The van der Waals surface area contributed by atoms with Crippen LogP contribution in [0.3, 0.4) is 0 Å². The van der Waals surface area contributed by atoms with Crippen LogP contribution in [0, 0.1) is 6.92 Å². The van der Waals surface area contributed by atoms with Gasteiger partial charge in [-0.05, 0) is 18.5 Å². The highest BCUT2D eigenvalue weighted by atomic mass is 35.5. The topological polar surface area (TPSA) is 98.0 Å². The van der Waals surface area contributed by atoms with Crippen LogP contribution < -0.4 is 4.72 Å². The van der Waals surface area contributed by atoms with E-state index in [1.165, 1.54) is 12.1 Å². The zero-order chi connectivity index (χ0) is 14.0. The normalized spacial score (nSPS) is 11.5. The molecule has 0 bridgehead atoms. The Kier molecular flexibility index (Phi) is 3.93. The molecular weight excluding hydrogens is 315 g/mol. The number of hydrogen-bond acceptors (Lipinski definition) is 6. The Hall–Kier alpha value is -1.38. The lowest BCUT2D eigenvalue weighted by molar-refractivity contribution is 0.392. The molecule has 0 aromatic carbocycles. The zero-order valence-corrected chi connectivity index (χ0v) is 11.9. The van der Waals surface area contributed by atoms with Gasteiger partial charge in [-0.3, -0.25) is 4.72 Å². The van der Waals surface area contributed by atoms with Crippen LogP contribution in [0.25, 0.3) is 0 Å². The van der Waals surface area contributed by atoms with Gasteiger partial charge >= 0.3 is 0 Å². The van der Waals surface area contributed by atoms with Gasteiger partial charge in [0.05, 0.1) is 0 Å². The molecule has 2 aromatic rings. The van der Waals surface area contributed by atoms with E-state index in [-0.39, 0.29) is 27.7 Å². The summed E-state index contributed by atoms with van der Waals surface area (Å²) >= 11 is 11.2. The summed E-state index contributed by atoms with van der Waals surface area (Å²) < 4.78 is 30.7. The van der Waals surface area contributed by atoms with Crippen molar-refractivity contribution in [3.8, 4) is 0 Å². The molecule has 0 radical (unpaired) electrons. The van der Waals surface area contributed by atoms with Gasteiger partial charge in [0.2, 0.25) is 15.3 Å². The monoisotopic (exact) mass is 322 g/mol. The average molecular weight is 323 g/mol. The Morgan fingerprint density at radius 3 is 2.63 bits per heavy atom. The highest BCUT2D eigenvalue weighted by Crippen LogP contribution is 2.16. The second-order valence-corrected chi connectivity index (χ2v) is 6.08. The summed E-state index contributed by atoms with van der Waals surface area (Å²) in [5.74, 6) is 0.173. The smallest absolute Gasteiger partial charge is 0.239 e. The lowest BCUT2D eigenvalue weighted by atomic mass is 10.4. The van der Waals surface area contributed by atoms with Crippen molar-refractivity contribution in [3.63, 3.8) is 0 Å². The number of nitrogens with one attached hydrogen (secondary N) is 1. The van der Waals surface area contributed by atoms with Crippen molar-refractivity contribution >= 4 is 39.0 Å². The largest absolute Gasteiger partial charge is 0.361 e. The molecule has 19 heavy (non-hydrogen) atoms. The molecular formula is C9H8Cl2N4O3S. The molecule has 0 saturated carbocycles. The second-order valence-electron chi connectivity index (χ2n) is 3.63. The van der Waals surface area contributed by atoms with Gasteiger partial charge in [-0.1, -0.05) is 16.8 Å². The summed E-state index contributed by atoms with van der Waals surface area (Å²) in [5.41, 5.74) is 0.288. The standard InChI is InChI=1S/C9H8Cl2N4O3S/c1-5-2-6(14-18-5)4-19(16,17)15-8-3-7(10)12-9(11)13-8/h2-3H,4H2,1H3,(H,12,13,15). The van der Waals surface area contributed by atoms with Gasteiger partial charge in [-0.2, -0.15) is 4.98 Å². The lowest BCUT2D eigenvalue weighted by Crippen LogP contribution is -2.16. The fourth-order valence-corrected chi connectivity index (χ4v) is 2.75. The fourth-order valence-electron chi connectivity index (χ4n) is 1.32. The first-order valence-electron chi connectivity index (χ1n) is 4.97. The number of aromatic nitrogens is 3. The zero-order valence-electron chi connectivity index (χ0n) is 9.59. The SMILES string of the molecule is Cc1cc(CS(=O)(=O)Nc2cc(Cl)nc(Cl)n2)no1. The summed E-state index contributed by atoms with van der Waals surface area (Å²) in [6.07, 6.45) is 0. The number of nitrogens with zero attached hydrogens (tertiary/aromatic N) is 3. The highest BCUT2D eigenvalue weighted by molar-refractivity contribution is 7.91. The van der Waals surface area contributed by atoms with E-state index in [4.69, 9.17) is 27.7 Å². The maximum Gasteiger partial charge on any atom is 0.239 e. The van der Waals surface area contributed by atoms with Crippen molar-refractivity contribution in [2.45, 2.75) is 12.7 Å². The summed E-state index contributed by atoms with van der Waals surface area (Å²) in [4.78, 5) is 7.31. The Balaban J connectivity index is 2.16. The molecule has 0 fully saturated rings. The summed E-state index contributed by atoms with van der Waals surface area (Å²) in [6.45, 7) is 1.67. The maximum atomic E-state index is 11.9. The first kappa shape index (κ1) is 14.0. The predicted octanol–water partition coefficient (Wildman–Crippen LogP) is 2.02. The third-order valence-electron chi connectivity index (χ3n) is 1.94. The second kappa shape index (κ2) is 5.32. The molecule has 0 saturated heterocycles. The van der Waals surface area contributed by atoms with E-state index in [0.29, 0.717) is 5.76 Å². The molecule has 0 atom stereocenters. The number of anilines is 1. The van der Waals surface area contributed by atoms with Gasteiger partial charge in [0.25, 0.3) is 0 Å². The maximum absolute atomic E-state index is 11.9. The van der Waals surface area contributed by atoms with E-state index >= 15 is 0 Å². The molecule has 0 amide bonds. The van der Waals surface area contributed by atoms with Crippen molar-refractivity contribution in [1.29, 1.82) is 0 Å². The number of hydrogen-bond donors (Lipinski definition) is 1. The molecule has 7 nitrogen and oxygen atoms in total. The number of halogens is 2. The van der Waals surface area contributed by atoms with Crippen molar-refractivity contribution < 1.29 is 12.9 Å². The van der Waals surface area contributed by atoms with Crippen LogP contribution in [-0.4, -0.2) is 23.5 Å². The van der Waals surface area contributed by atoms with E-state index in [1.54, 1.807) is 6.92 Å². The summed E-state index contributed by atoms with van der Waals surface area (Å²) in [5, 5.41) is 3.49. The first-order valence-corrected chi connectivity index (χ1v) is 7.38. The van der Waals surface area contributed by atoms with Gasteiger partial charge in [0.1, 0.15) is 28.2 Å². The van der Waals surface area contributed by atoms with E-state index in [0.717, 1.165) is 0 Å². The molecule has 2 aromatic heterocycles. The van der Waals surface area contributed by atoms with E-state index in [1.807, 2.05) is 0 Å². The molecule has 2 heterocycles. The number of sulfonamides is 1. The molecule has 0 spiro atoms. The van der Waals surface area contributed by atoms with E-state index in [9.17, 15) is 8.42 Å². The van der Waals surface area contributed by atoms with Crippen LogP contribution >= 0.6 is 23.2 Å². The molecule has 1 N–H and O–H groups in total. The molecule has 102 valence electrons. The van der Waals surface area contributed by atoms with Gasteiger partial charge in [-0.25, -0.2) is 13.4 Å². The van der Waals surface area contributed by atoms with Gasteiger partial charge in [0, 0.05) is 12.1 Å². The summed E-state index contributed by atoms with van der Waals surface area (Å²) in [6, 6.07) is 2.78. The van der Waals surface area contributed by atoms with E-state index < -0.39 is 10.0 Å². The third-order valence-corrected chi connectivity index (χ3v) is 3.50. The van der Waals surface area contributed by atoms with Crippen LogP contribution in [0.2, 0.25) is 10.4 Å². The van der Waals surface area contributed by atoms with Gasteiger partial charge in [-0.15, -0.1) is 0 Å². The molecule has 0 unspecified atom stereocenters. The van der Waals surface area contributed by atoms with Crippen molar-refractivity contribution in [3.05, 3.63) is 34.0 Å². The summed E-state index contributed by atoms with van der Waals surface area (Å²) in [7, 11) is -3.69. The lowest BCUT2D eigenvalue weighted by Gasteiger charge is -2.05. The van der Waals surface area contributed by atoms with Gasteiger partial charge in [0.15, 0.2) is 0 Å². The fraction of sp³-hybridized carbons (Fsp3) is 0.222. The Labute approximate surface area is 119 Å². The van der Waals surface area contributed by atoms with Crippen LogP contribution in [0.4, 0.5) is 5.82 Å². The Morgan fingerprint density at radius 1 is 1.32 bits per heavy atom. The van der Waals surface area contributed by atoms with Crippen LogP contribution in [0.5, 0.6) is 0 Å². The van der Waals surface area contributed by atoms with Gasteiger partial charge < -0.3 is 4.52 Å². The molecule has 0 aliphatic rings. The van der Waals surface area contributed by atoms with Crippen molar-refractivity contribution in [2.24, 2.45) is 0 Å². The molecule has 0 aliphatic heterocycles. The van der Waals surface area contributed by atoms with Crippen molar-refractivity contribution in [1.82, 2.24) is 15.1 Å².